The van der Waals surface area contributed by atoms with Crippen LogP contribution >= 0.6 is 0 Å². The SMILES string of the molecule is CC/C=C\C/C=C\C/C=C\C/C=C\C/C=C\CCCCCC(=O)OC[C@@H](COC(=O)CCCCCCC/C=C\C/C=C\CCCC)OC(=O)CCCCCC/C=C\C/C=C\C/C=C\CCCCC. The maximum absolute atomic E-state index is 12.8. The first kappa shape index (κ1) is 63.8. The van der Waals surface area contributed by atoms with Crippen molar-refractivity contribution in [2.24, 2.45) is 0 Å². The average Bonchev–Trinajstić information content (AvgIpc) is 3.34. The maximum Gasteiger partial charge on any atom is 0.306 e. The summed E-state index contributed by atoms with van der Waals surface area (Å²) < 4.78 is 16.8. The predicted molar refractivity (Wildman–Crippen MR) is 293 cm³/mol. The molecule has 0 saturated carbocycles. The summed E-state index contributed by atoms with van der Waals surface area (Å²) >= 11 is 0. The van der Waals surface area contributed by atoms with E-state index >= 15 is 0 Å². The molecule has 384 valence electrons. The first-order valence-corrected chi connectivity index (χ1v) is 27.5. The second-order valence-electron chi connectivity index (χ2n) is 17.7. The molecule has 0 amide bonds. The van der Waals surface area contributed by atoms with E-state index in [1.54, 1.807) is 0 Å². The van der Waals surface area contributed by atoms with Crippen LogP contribution in [0.5, 0.6) is 0 Å². The standard InChI is InChI=1S/C62H100O6/c1-4-7-10-13-16-19-22-25-28-30-31-33-34-37-40-43-46-49-52-55-61(64)67-58-59(57-66-60(63)54-51-48-45-42-39-36-27-24-21-18-15-12-9-6-3)68-62(65)56-53-50-47-44-41-38-35-32-29-26-23-20-17-14-11-8-5-2/h7,10,15-20,24-29,31,33,35,37-38,40,59H,4-6,8-9,11-14,21-23,30,32,34,36,39,41-58H2,1-3H3/b10-7-,18-15-,19-16-,20-17-,27-24-,28-25-,29-26-,33-31-,38-35-,40-37-/t59-/m1/s1. The zero-order valence-electron chi connectivity index (χ0n) is 43.8. The van der Waals surface area contributed by atoms with Gasteiger partial charge in [-0.3, -0.25) is 14.4 Å². The van der Waals surface area contributed by atoms with Crippen LogP contribution in [0.3, 0.4) is 0 Å². The molecule has 6 heteroatoms. The quantitative estimate of drug-likeness (QED) is 0.0262. The molecule has 0 bridgehead atoms. The molecule has 0 unspecified atom stereocenters. The third-order valence-corrected chi connectivity index (χ3v) is 11.2. The number of hydrogen-bond donors (Lipinski definition) is 0. The lowest BCUT2D eigenvalue weighted by atomic mass is 10.1. The number of rotatable bonds is 48. The van der Waals surface area contributed by atoms with Crippen molar-refractivity contribution in [3.8, 4) is 0 Å². The van der Waals surface area contributed by atoms with E-state index in [1.165, 1.54) is 44.9 Å². The normalized spacial score (nSPS) is 13.0. The maximum atomic E-state index is 12.8. The topological polar surface area (TPSA) is 78.9 Å². The summed E-state index contributed by atoms with van der Waals surface area (Å²) in [5.74, 6) is -0.981. The van der Waals surface area contributed by atoms with Gasteiger partial charge in [-0.05, 0) is 128 Å². The molecule has 0 spiro atoms. The van der Waals surface area contributed by atoms with Crippen LogP contribution in [0.15, 0.2) is 122 Å². The molecule has 0 fully saturated rings. The summed E-state index contributed by atoms with van der Waals surface area (Å²) in [6, 6.07) is 0. The van der Waals surface area contributed by atoms with E-state index in [1.807, 2.05) is 0 Å². The van der Waals surface area contributed by atoms with Gasteiger partial charge in [0, 0.05) is 19.3 Å². The number of allylic oxidation sites excluding steroid dienone is 20. The number of carbonyl (C=O) groups excluding carboxylic acids is 3. The van der Waals surface area contributed by atoms with Crippen molar-refractivity contribution in [2.75, 3.05) is 13.2 Å². The highest BCUT2D eigenvalue weighted by atomic mass is 16.6. The summed E-state index contributed by atoms with van der Waals surface area (Å²) in [7, 11) is 0. The largest absolute Gasteiger partial charge is 0.462 e. The van der Waals surface area contributed by atoms with Crippen LogP contribution in [0.1, 0.15) is 233 Å². The minimum absolute atomic E-state index is 0.109. The Morgan fingerprint density at radius 2 is 0.588 bits per heavy atom. The molecular formula is C62H100O6. The zero-order valence-corrected chi connectivity index (χ0v) is 43.8. The number of unbranched alkanes of at least 4 members (excludes halogenated alkanes) is 17. The fraction of sp³-hybridized carbons (Fsp3) is 0.629. The van der Waals surface area contributed by atoms with Gasteiger partial charge in [0.2, 0.25) is 0 Å². The van der Waals surface area contributed by atoms with Crippen LogP contribution in [0.25, 0.3) is 0 Å². The van der Waals surface area contributed by atoms with Crippen molar-refractivity contribution in [1.29, 1.82) is 0 Å². The monoisotopic (exact) mass is 941 g/mol. The van der Waals surface area contributed by atoms with E-state index in [9.17, 15) is 14.4 Å². The van der Waals surface area contributed by atoms with Gasteiger partial charge < -0.3 is 14.2 Å². The lowest BCUT2D eigenvalue weighted by molar-refractivity contribution is -0.167. The molecule has 0 aromatic carbocycles. The minimum atomic E-state index is -0.813. The number of carbonyl (C=O) groups is 3. The van der Waals surface area contributed by atoms with Crippen molar-refractivity contribution < 1.29 is 28.6 Å². The van der Waals surface area contributed by atoms with Gasteiger partial charge in [-0.25, -0.2) is 0 Å². The van der Waals surface area contributed by atoms with Crippen LogP contribution in [-0.4, -0.2) is 37.2 Å². The second kappa shape index (κ2) is 55.4. The molecule has 0 aliphatic rings. The molecule has 0 radical (unpaired) electrons. The van der Waals surface area contributed by atoms with Crippen LogP contribution in [0, 0.1) is 0 Å². The van der Waals surface area contributed by atoms with E-state index < -0.39 is 6.10 Å². The highest BCUT2D eigenvalue weighted by Gasteiger charge is 2.19. The summed E-state index contributed by atoms with van der Waals surface area (Å²) in [6.45, 7) is 6.39. The van der Waals surface area contributed by atoms with Gasteiger partial charge in [0.05, 0.1) is 0 Å². The Hall–Kier alpha value is -4.19. The second-order valence-corrected chi connectivity index (χ2v) is 17.7. The Morgan fingerprint density at radius 3 is 0.956 bits per heavy atom. The lowest BCUT2D eigenvalue weighted by Crippen LogP contribution is -2.30. The van der Waals surface area contributed by atoms with Crippen molar-refractivity contribution in [2.45, 2.75) is 239 Å². The molecule has 68 heavy (non-hydrogen) atoms. The molecule has 0 aromatic rings. The first-order valence-electron chi connectivity index (χ1n) is 27.5. The Balaban J connectivity index is 4.53. The molecule has 0 aliphatic carbocycles. The molecule has 0 heterocycles. The van der Waals surface area contributed by atoms with E-state index in [4.69, 9.17) is 14.2 Å². The summed E-state index contributed by atoms with van der Waals surface area (Å²) in [6.07, 6.45) is 76.0. The summed E-state index contributed by atoms with van der Waals surface area (Å²) in [5.41, 5.74) is 0. The first-order chi connectivity index (χ1) is 33.5. The fourth-order valence-corrected chi connectivity index (χ4v) is 7.02. The van der Waals surface area contributed by atoms with E-state index in [2.05, 4.69) is 142 Å². The molecule has 0 aliphatic heterocycles. The van der Waals surface area contributed by atoms with E-state index in [0.717, 1.165) is 148 Å². The smallest absolute Gasteiger partial charge is 0.306 e. The molecule has 0 rings (SSSR count). The molecule has 6 nitrogen and oxygen atoms in total. The van der Waals surface area contributed by atoms with Gasteiger partial charge in [0.25, 0.3) is 0 Å². The van der Waals surface area contributed by atoms with Gasteiger partial charge in [0.15, 0.2) is 6.10 Å². The highest BCUT2D eigenvalue weighted by molar-refractivity contribution is 5.71. The Morgan fingerprint density at radius 1 is 0.309 bits per heavy atom. The Kier molecular flexibility index (Phi) is 52.0. The summed E-state index contributed by atoms with van der Waals surface area (Å²) in [4.78, 5) is 38.1. The van der Waals surface area contributed by atoms with Crippen LogP contribution < -0.4 is 0 Å². The van der Waals surface area contributed by atoms with Crippen LogP contribution in [0.4, 0.5) is 0 Å². The highest BCUT2D eigenvalue weighted by Crippen LogP contribution is 2.12. The fourth-order valence-electron chi connectivity index (χ4n) is 7.02. The number of esters is 3. The van der Waals surface area contributed by atoms with Gasteiger partial charge in [-0.1, -0.05) is 206 Å². The van der Waals surface area contributed by atoms with Crippen LogP contribution in [0.2, 0.25) is 0 Å². The Bertz CT molecular complexity index is 1450. The van der Waals surface area contributed by atoms with Crippen molar-refractivity contribution in [3.05, 3.63) is 122 Å². The van der Waals surface area contributed by atoms with Crippen molar-refractivity contribution >= 4 is 17.9 Å². The third kappa shape index (κ3) is 52.8. The molecule has 1 atom stereocenters. The number of ether oxygens (including phenoxy) is 3. The van der Waals surface area contributed by atoms with Gasteiger partial charge in [0.1, 0.15) is 13.2 Å². The van der Waals surface area contributed by atoms with Crippen molar-refractivity contribution in [3.63, 3.8) is 0 Å². The third-order valence-electron chi connectivity index (χ3n) is 11.2. The van der Waals surface area contributed by atoms with Crippen molar-refractivity contribution in [1.82, 2.24) is 0 Å². The predicted octanol–water partition coefficient (Wildman–Crippen LogP) is 18.5. The molecular weight excluding hydrogens is 841 g/mol. The van der Waals surface area contributed by atoms with Crippen LogP contribution in [-0.2, 0) is 28.6 Å². The molecule has 0 saturated heterocycles. The zero-order chi connectivity index (χ0) is 49.3. The Labute approximate surface area is 418 Å². The molecule has 0 N–H and O–H groups in total. The minimum Gasteiger partial charge on any atom is -0.462 e. The van der Waals surface area contributed by atoms with E-state index in [-0.39, 0.29) is 37.5 Å². The number of hydrogen-bond acceptors (Lipinski definition) is 6. The average molecular weight is 941 g/mol. The summed E-state index contributed by atoms with van der Waals surface area (Å²) in [5, 5.41) is 0. The molecule has 0 aromatic heterocycles. The van der Waals surface area contributed by atoms with Gasteiger partial charge in [-0.2, -0.15) is 0 Å². The lowest BCUT2D eigenvalue weighted by Gasteiger charge is -2.18. The van der Waals surface area contributed by atoms with Gasteiger partial charge >= 0.3 is 17.9 Å². The van der Waals surface area contributed by atoms with Gasteiger partial charge in [-0.15, -0.1) is 0 Å². The van der Waals surface area contributed by atoms with E-state index in [0.29, 0.717) is 12.8 Å².